The molecule has 11 nitrogen and oxygen atoms in total. The van der Waals surface area contributed by atoms with Gasteiger partial charge in [0.1, 0.15) is 17.3 Å². The van der Waals surface area contributed by atoms with Crippen LogP contribution in [-0.4, -0.2) is 65.1 Å². The average Bonchev–Trinajstić information content (AvgIpc) is 3.25. The molecule has 1 fully saturated rings. The number of fused-ring (bicyclic) bond motifs is 2. The highest BCUT2D eigenvalue weighted by atomic mass is 32.2. The molecule has 0 spiro atoms. The zero-order valence-electron chi connectivity index (χ0n) is 19.9. The van der Waals surface area contributed by atoms with Gasteiger partial charge in [-0.2, -0.15) is 4.98 Å². The Balaban J connectivity index is 1.16. The van der Waals surface area contributed by atoms with E-state index in [2.05, 4.69) is 20.6 Å². The number of amides is 2. The second-order valence-electron chi connectivity index (χ2n) is 8.54. The Morgan fingerprint density at radius 1 is 1.22 bits per heavy atom. The number of thioether (sulfide) groups is 1. The Morgan fingerprint density at radius 2 is 2.08 bits per heavy atom. The van der Waals surface area contributed by atoms with Crippen molar-refractivity contribution in [2.45, 2.75) is 30.9 Å². The first kappa shape index (κ1) is 24.1. The maximum atomic E-state index is 12.7. The van der Waals surface area contributed by atoms with Gasteiger partial charge in [-0.05, 0) is 44.2 Å². The lowest BCUT2D eigenvalue weighted by molar-refractivity contribution is -0.113. The number of cyclic esters (lactones) is 1. The molecule has 1 atom stereocenters. The Morgan fingerprint density at radius 3 is 2.92 bits per heavy atom. The second-order valence-corrected chi connectivity index (χ2v) is 9.56. The molecule has 0 unspecified atom stereocenters. The maximum absolute atomic E-state index is 12.7. The largest absolute Gasteiger partial charge is 0.481 e. The summed E-state index contributed by atoms with van der Waals surface area (Å²) in [6.07, 6.45) is -0.0545. The number of carbonyl (C=O) groups excluding carboxylic acids is 2. The van der Waals surface area contributed by atoms with Gasteiger partial charge in [0, 0.05) is 29.7 Å². The molecule has 188 valence electrons. The Bertz CT molecular complexity index is 1390. The number of benzene rings is 1. The van der Waals surface area contributed by atoms with Crippen molar-refractivity contribution in [3.8, 4) is 5.88 Å². The van der Waals surface area contributed by atoms with Crippen molar-refractivity contribution in [3.05, 3.63) is 46.4 Å². The third-order valence-corrected chi connectivity index (χ3v) is 7.10. The summed E-state index contributed by atoms with van der Waals surface area (Å²) in [5.41, 5.74) is 2.77. The number of hydrogen-bond donors (Lipinski definition) is 2. The fraction of sp³-hybridized carbons (Fsp3) is 0.375. The lowest BCUT2D eigenvalue weighted by Gasteiger charge is -2.20. The van der Waals surface area contributed by atoms with E-state index in [1.165, 1.54) is 18.9 Å². The predicted molar refractivity (Wildman–Crippen MR) is 136 cm³/mol. The molecule has 2 amide bonds. The van der Waals surface area contributed by atoms with E-state index < -0.39 is 6.09 Å². The zero-order valence-corrected chi connectivity index (χ0v) is 20.8. The van der Waals surface area contributed by atoms with Gasteiger partial charge in [0.05, 0.1) is 25.1 Å². The fourth-order valence-electron chi connectivity index (χ4n) is 4.25. The van der Waals surface area contributed by atoms with Gasteiger partial charge in [-0.1, -0.05) is 0 Å². The van der Waals surface area contributed by atoms with Crippen molar-refractivity contribution < 1.29 is 19.1 Å². The van der Waals surface area contributed by atoms with E-state index in [-0.39, 0.29) is 17.6 Å². The SMILES string of the molecule is COc1ccc2nc(C)c(=O)n(CCCNC[C@@H]3CN(c4ccc5c(c4)NC(=O)CS5)C(=O)O3)c2n1. The molecule has 3 aromatic rings. The minimum Gasteiger partial charge on any atom is -0.481 e. The Labute approximate surface area is 211 Å². The van der Waals surface area contributed by atoms with Gasteiger partial charge in [-0.15, -0.1) is 11.8 Å². The van der Waals surface area contributed by atoms with Crippen molar-refractivity contribution in [1.29, 1.82) is 0 Å². The van der Waals surface area contributed by atoms with Crippen LogP contribution >= 0.6 is 11.8 Å². The summed E-state index contributed by atoms with van der Waals surface area (Å²) < 4.78 is 12.3. The molecule has 36 heavy (non-hydrogen) atoms. The number of aryl methyl sites for hydroxylation is 2. The molecule has 0 radical (unpaired) electrons. The van der Waals surface area contributed by atoms with Gasteiger partial charge >= 0.3 is 6.09 Å². The first-order chi connectivity index (χ1) is 17.4. The summed E-state index contributed by atoms with van der Waals surface area (Å²) in [4.78, 5) is 48.1. The minimum absolute atomic E-state index is 0.0529. The van der Waals surface area contributed by atoms with Crippen molar-refractivity contribution in [2.75, 3.05) is 42.7 Å². The molecule has 5 rings (SSSR count). The van der Waals surface area contributed by atoms with Crippen molar-refractivity contribution in [3.63, 3.8) is 0 Å². The summed E-state index contributed by atoms with van der Waals surface area (Å²) >= 11 is 1.48. The topological polar surface area (TPSA) is 128 Å². The van der Waals surface area contributed by atoms with Crippen LogP contribution in [-0.2, 0) is 16.1 Å². The summed E-state index contributed by atoms with van der Waals surface area (Å²) in [5.74, 6) is 0.761. The standard InChI is InChI=1S/C24H26N6O5S/c1-14-23(32)29(22-17(26-14)5-7-21(28-22)34-2)9-3-8-25-11-16-12-30(24(33)35-16)15-4-6-19-18(10-15)27-20(31)13-36-19/h4-7,10,16,25H,3,8-9,11-13H2,1-2H3,(H,27,31)/t16-/m1/s1. The summed E-state index contributed by atoms with van der Waals surface area (Å²) in [5, 5.41) is 6.16. The highest BCUT2D eigenvalue weighted by Crippen LogP contribution is 2.35. The number of pyridine rings is 1. The van der Waals surface area contributed by atoms with E-state index in [9.17, 15) is 14.4 Å². The number of rotatable bonds is 8. The third-order valence-electron chi connectivity index (χ3n) is 6.03. The van der Waals surface area contributed by atoms with Gasteiger partial charge < -0.3 is 20.1 Å². The van der Waals surface area contributed by atoms with E-state index in [0.717, 1.165) is 4.90 Å². The summed E-state index contributed by atoms with van der Waals surface area (Å²) in [7, 11) is 1.53. The van der Waals surface area contributed by atoms with E-state index in [4.69, 9.17) is 9.47 Å². The van der Waals surface area contributed by atoms with E-state index in [1.807, 2.05) is 12.1 Å². The number of hydrogen-bond acceptors (Lipinski definition) is 9. The molecule has 4 heterocycles. The molecular formula is C24H26N6O5S. The third kappa shape index (κ3) is 4.86. The molecule has 12 heteroatoms. The van der Waals surface area contributed by atoms with Crippen LogP contribution in [0, 0.1) is 6.92 Å². The molecular weight excluding hydrogens is 484 g/mol. The number of nitrogens with one attached hydrogen (secondary N) is 2. The van der Waals surface area contributed by atoms with E-state index in [1.54, 1.807) is 34.6 Å². The zero-order chi connectivity index (χ0) is 25.2. The summed E-state index contributed by atoms with van der Waals surface area (Å²) in [6.45, 7) is 3.66. The summed E-state index contributed by atoms with van der Waals surface area (Å²) in [6, 6.07) is 9.08. The predicted octanol–water partition coefficient (Wildman–Crippen LogP) is 2.16. The molecule has 1 aromatic carbocycles. The number of aromatic nitrogens is 3. The molecule has 0 saturated carbocycles. The quantitative estimate of drug-likeness (QED) is 0.438. The van der Waals surface area contributed by atoms with Crippen LogP contribution in [0.2, 0.25) is 0 Å². The van der Waals surface area contributed by atoms with Gasteiger partial charge in [0.15, 0.2) is 5.65 Å². The molecule has 0 bridgehead atoms. The molecule has 1 saturated heterocycles. The highest BCUT2D eigenvalue weighted by Gasteiger charge is 2.32. The maximum Gasteiger partial charge on any atom is 0.414 e. The van der Waals surface area contributed by atoms with E-state index in [0.29, 0.717) is 72.5 Å². The van der Waals surface area contributed by atoms with E-state index >= 15 is 0 Å². The second kappa shape index (κ2) is 10.2. The number of anilines is 2. The molecule has 2 aliphatic heterocycles. The van der Waals surface area contributed by atoms with Crippen LogP contribution in [0.1, 0.15) is 12.1 Å². The minimum atomic E-state index is -0.415. The lowest BCUT2D eigenvalue weighted by Crippen LogP contribution is -2.32. The van der Waals surface area contributed by atoms with Gasteiger partial charge in [0.2, 0.25) is 11.8 Å². The van der Waals surface area contributed by atoms with Crippen LogP contribution in [0.15, 0.2) is 40.0 Å². The Kier molecular flexibility index (Phi) is 6.79. The Hall–Kier alpha value is -3.64. The monoisotopic (exact) mass is 510 g/mol. The van der Waals surface area contributed by atoms with Crippen molar-refractivity contribution in [1.82, 2.24) is 19.9 Å². The van der Waals surface area contributed by atoms with Crippen molar-refractivity contribution in [2.24, 2.45) is 0 Å². The number of ether oxygens (including phenoxy) is 2. The number of carbonyl (C=O) groups is 2. The number of methoxy groups -OCH3 is 1. The number of nitrogens with zero attached hydrogens (tertiary/aromatic N) is 4. The molecule has 0 aliphatic carbocycles. The molecule has 2 aliphatic rings. The van der Waals surface area contributed by atoms with Crippen molar-refractivity contribution >= 4 is 46.3 Å². The van der Waals surface area contributed by atoms with Gasteiger partial charge in [-0.25, -0.2) is 9.78 Å². The van der Waals surface area contributed by atoms with Gasteiger partial charge in [0.25, 0.3) is 5.56 Å². The lowest BCUT2D eigenvalue weighted by atomic mass is 10.2. The average molecular weight is 511 g/mol. The van der Waals surface area contributed by atoms with Gasteiger partial charge in [-0.3, -0.25) is 19.1 Å². The highest BCUT2D eigenvalue weighted by molar-refractivity contribution is 8.00. The van der Waals surface area contributed by atoms with Crippen LogP contribution in [0.25, 0.3) is 11.2 Å². The molecule has 2 N–H and O–H groups in total. The first-order valence-corrected chi connectivity index (χ1v) is 12.6. The normalized spacial score (nSPS) is 17.2. The first-order valence-electron chi connectivity index (χ1n) is 11.6. The van der Waals surface area contributed by atoms with Crippen LogP contribution in [0.4, 0.5) is 16.2 Å². The van der Waals surface area contributed by atoms with Crippen LogP contribution < -0.4 is 25.8 Å². The smallest absolute Gasteiger partial charge is 0.414 e. The van der Waals surface area contributed by atoms with Crippen LogP contribution in [0.5, 0.6) is 5.88 Å². The van der Waals surface area contributed by atoms with Crippen LogP contribution in [0.3, 0.4) is 0 Å². The molecule has 2 aromatic heterocycles. The fourth-order valence-corrected chi connectivity index (χ4v) is 5.04.